The van der Waals surface area contributed by atoms with Gasteiger partial charge in [-0.3, -0.25) is 10.6 Å². The van der Waals surface area contributed by atoms with Crippen molar-refractivity contribution in [1.82, 2.24) is 25.4 Å². The maximum absolute atomic E-state index is 12.2. The molecule has 0 unspecified atom stereocenters. The molecule has 1 amide bonds. The van der Waals surface area contributed by atoms with Gasteiger partial charge in [0.05, 0.1) is 11.9 Å². The molecular weight excluding hydrogens is 274 g/mol. The highest BCUT2D eigenvalue weighted by Crippen LogP contribution is 2.15. The van der Waals surface area contributed by atoms with Crippen LogP contribution in [0.4, 0.5) is 5.69 Å². The molecule has 0 bridgehead atoms. The third-order valence-corrected chi connectivity index (χ3v) is 2.73. The zero-order chi connectivity index (χ0) is 15.2. The van der Waals surface area contributed by atoms with Crippen molar-refractivity contribution in [3.8, 4) is 0 Å². The summed E-state index contributed by atoms with van der Waals surface area (Å²) >= 11 is 0. The molecule has 0 atom stereocenters. The van der Waals surface area contributed by atoms with Crippen LogP contribution in [0.15, 0.2) is 17.0 Å². The Morgan fingerprint density at radius 2 is 2.24 bits per heavy atom. The van der Waals surface area contributed by atoms with E-state index in [4.69, 9.17) is 10.4 Å². The summed E-state index contributed by atoms with van der Waals surface area (Å²) in [5.74, 6) is 6.19. The monoisotopic (exact) mass is 291 g/mol. The van der Waals surface area contributed by atoms with Crippen LogP contribution in [0, 0.1) is 0 Å². The fourth-order valence-electron chi connectivity index (χ4n) is 1.63. The van der Waals surface area contributed by atoms with Crippen molar-refractivity contribution < 1.29 is 9.32 Å². The quantitative estimate of drug-likeness (QED) is 0.509. The Morgan fingerprint density at radius 3 is 2.86 bits per heavy atom. The van der Waals surface area contributed by atoms with Crippen molar-refractivity contribution in [2.24, 2.45) is 5.84 Å². The second-order valence-electron chi connectivity index (χ2n) is 4.63. The molecule has 2 aromatic rings. The Labute approximate surface area is 121 Å². The predicted molar refractivity (Wildman–Crippen MR) is 74.3 cm³/mol. The average molecular weight is 291 g/mol. The van der Waals surface area contributed by atoms with Crippen molar-refractivity contribution in [3.05, 3.63) is 29.9 Å². The van der Waals surface area contributed by atoms with Gasteiger partial charge in [0.25, 0.3) is 5.91 Å². The van der Waals surface area contributed by atoms with E-state index in [1.165, 1.54) is 12.5 Å². The lowest BCUT2D eigenvalue weighted by Gasteiger charge is -2.11. The Morgan fingerprint density at radius 1 is 1.43 bits per heavy atom. The van der Waals surface area contributed by atoms with Crippen LogP contribution in [-0.2, 0) is 6.42 Å². The molecule has 9 heteroatoms. The second kappa shape index (κ2) is 6.75. The smallest absolute Gasteiger partial charge is 0.272 e. The molecule has 9 nitrogen and oxygen atoms in total. The number of rotatable bonds is 6. The number of hydrazine groups is 1. The van der Waals surface area contributed by atoms with Crippen LogP contribution in [0.2, 0.25) is 0 Å². The van der Waals surface area contributed by atoms with E-state index in [2.05, 4.69) is 30.9 Å². The van der Waals surface area contributed by atoms with Crippen LogP contribution < -0.4 is 16.6 Å². The molecule has 2 rings (SSSR count). The molecule has 0 aliphatic rings. The van der Waals surface area contributed by atoms with Crippen LogP contribution in [0.25, 0.3) is 0 Å². The van der Waals surface area contributed by atoms with E-state index in [9.17, 15) is 4.79 Å². The van der Waals surface area contributed by atoms with Gasteiger partial charge in [-0.05, 0) is 0 Å². The third-order valence-electron chi connectivity index (χ3n) is 2.73. The topological polar surface area (TPSA) is 132 Å². The summed E-state index contributed by atoms with van der Waals surface area (Å²) < 4.78 is 4.85. The van der Waals surface area contributed by atoms with E-state index >= 15 is 0 Å². The van der Waals surface area contributed by atoms with Crippen LogP contribution in [0.5, 0.6) is 0 Å². The summed E-state index contributed by atoms with van der Waals surface area (Å²) in [7, 11) is 0. The maximum atomic E-state index is 12.2. The van der Waals surface area contributed by atoms with E-state index in [0.717, 1.165) is 0 Å². The number of carbonyl (C=O) groups excluding carboxylic acids is 1. The SMILES string of the molecule is CC(C)c1ncc(NN)c(C(=O)NCCc2ncno2)n1. The number of hydrogen-bond donors (Lipinski definition) is 3. The van der Waals surface area contributed by atoms with E-state index in [-0.39, 0.29) is 17.5 Å². The number of hydrogen-bond acceptors (Lipinski definition) is 8. The Kier molecular flexibility index (Phi) is 4.77. The maximum Gasteiger partial charge on any atom is 0.272 e. The summed E-state index contributed by atoms with van der Waals surface area (Å²) in [5.41, 5.74) is 3.00. The first-order valence-corrected chi connectivity index (χ1v) is 6.49. The molecule has 0 saturated carbocycles. The normalized spacial score (nSPS) is 10.7. The fraction of sp³-hybridized carbons (Fsp3) is 0.417. The molecule has 0 aliphatic heterocycles. The lowest BCUT2D eigenvalue weighted by Crippen LogP contribution is -2.29. The number of aromatic nitrogens is 4. The van der Waals surface area contributed by atoms with Crippen molar-refractivity contribution >= 4 is 11.6 Å². The first kappa shape index (κ1) is 14.9. The average Bonchev–Trinajstić information content (AvgIpc) is 2.99. The molecule has 4 N–H and O–H groups in total. The minimum absolute atomic E-state index is 0.113. The number of nitrogens with two attached hydrogens (primary N) is 1. The zero-order valence-corrected chi connectivity index (χ0v) is 11.8. The minimum atomic E-state index is -0.341. The van der Waals surface area contributed by atoms with Crippen molar-refractivity contribution in [2.75, 3.05) is 12.0 Å². The number of carbonyl (C=O) groups is 1. The predicted octanol–water partition coefficient (Wildman–Crippen LogP) is 0.241. The van der Waals surface area contributed by atoms with E-state index in [0.29, 0.717) is 30.4 Å². The molecular formula is C12H17N7O2. The van der Waals surface area contributed by atoms with Gasteiger partial charge in [0.2, 0.25) is 5.89 Å². The van der Waals surface area contributed by atoms with Gasteiger partial charge in [-0.1, -0.05) is 19.0 Å². The molecule has 0 aliphatic carbocycles. The molecule has 0 aromatic carbocycles. The highest BCUT2D eigenvalue weighted by molar-refractivity contribution is 5.97. The van der Waals surface area contributed by atoms with Crippen molar-refractivity contribution in [3.63, 3.8) is 0 Å². The summed E-state index contributed by atoms with van der Waals surface area (Å²) in [6.07, 6.45) is 3.25. The van der Waals surface area contributed by atoms with E-state index in [1.54, 1.807) is 0 Å². The highest BCUT2D eigenvalue weighted by atomic mass is 16.5. The van der Waals surface area contributed by atoms with Gasteiger partial charge in [0, 0.05) is 18.9 Å². The molecule has 0 saturated heterocycles. The minimum Gasteiger partial charge on any atom is -0.350 e. The standard InChI is InChI=1S/C12H17N7O2/c1-7(2)11-15-5-8(19-13)10(18-11)12(20)14-4-3-9-16-6-17-21-9/h5-7,19H,3-4,13H2,1-2H3,(H,14,20). The van der Waals surface area contributed by atoms with Gasteiger partial charge < -0.3 is 15.3 Å². The summed E-state index contributed by atoms with van der Waals surface area (Å²) in [5, 5.41) is 6.22. The molecule has 21 heavy (non-hydrogen) atoms. The Hall–Kier alpha value is -2.55. The van der Waals surface area contributed by atoms with E-state index < -0.39 is 0 Å². The Balaban J connectivity index is 2.04. The first-order valence-electron chi connectivity index (χ1n) is 6.49. The largest absolute Gasteiger partial charge is 0.350 e. The summed E-state index contributed by atoms with van der Waals surface area (Å²) in [4.78, 5) is 24.4. The highest BCUT2D eigenvalue weighted by Gasteiger charge is 2.16. The molecule has 0 fully saturated rings. The molecule has 2 heterocycles. The number of nitrogens with one attached hydrogen (secondary N) is 2. The Bertz CT molecular complexity index is 598. The van der Waals surface area contributed by atoms with Crippen molar-refractivity contribution in [1.29, 1.82) is 0 Å². The first-order chi connectivity index (χ1) is 10.1. The third kappa shape index (κ3) is 3.72. The van der Waals surface area contributed by atoms with Crippen LogP contribution in [-0.4, -0.2) is 32.6 Å². The van der Waals surface area contributed by atoms with Crippen LogP contribution in [0.1, 0.15) is 42.0 Å². The summed E-state index contributed by atoms with van der Waals surface area (Å²) in [6, 6.07) is 0. The fourth-order valence-corrected chi connectivity index (χ4v) is 1.63. The lowest BCUT2D eigenvalue weighted by molar-refractivity contribution is 0.0948. The number of nitrogens with zero attached hydrogens (tertiary/aromatic N) is 4. The van der Waals surface area contributed by atoms with Gasteiger partial charge in [0.1, 0.15) is 5.82 Å². The summed E-state index contributed by atoms with van der Waals surface area (Å²) in [6.45, 7) is 4.25. The zero-order valence-electron chi connectivity index (χ0n) is 11.8. The number of amides is 1. The molecule has 0 radical (unpaired) electrons. The van der Waals surface area contributed by atoms with Crippen molar-refractivity contribution in [2.45, 2.75) is 26.2 Å². The van der Waals surface area contributed by atoms with Gasteiger partial charge in [-0.25, -0.2) is 9.97 Å². The number of anilines is 1. The molecule has 2 aromatic heterocycles. The van der Waals surface area contributed by atoms with Gasteiger partial charge in [-0.2, -0.15) is 4.98 Å². The lowest BCUT2D eigenvalue weighted by atomic mass is 10.2. The van der Waals surface area contributed by atoms with Gasteiger partial charge in [-0.15, -0.1) is 0 Å². The van der Waals surface area contributed by atoms with Crippen LogP contribution >= 0.6 is 0 Å². The van der Waals surface area contributed by atoms with Gasteiger partial charge in [0.15, 0.2) is 12.0 Å². The van der Waals surface area contributed by atoms with Crippen LogP contribution in [0.3, 0.4) is 0 Å². The second-order valence-corrected chi connectivity index (χ2v) is 4.63. The molecule has 112 valence electrons. The number of nitrogen functional groups attached to an aromatic ring is 1. The van der Waals surface area contributed by atoms with E-state index in [1.807, 2.05) is 13.8 Å². The van der Waals surface area contributed by atoms with Gasteiger partial charge >= 0.3 is 0 Å². The molecule has 0 spiro atoms.